The molecule has 1 heterocycles. The van der Waals surface area contributed by atoms with Gasteiger partial charge in [-0.2, -0.15) is 0 Å². The molecule has 0 saturated heterocycles. The molecule has 0 aromatic carbocycles. The fourth-order valence-corrected chi connectivity index (χ4v) is 3.93. The van der Waals surface area contributed by atoms with E-state index in [0.29, 0.717) is 17.1 Å². The quantitative estimate of drug-likeness (QED) is 0.745. The number of likely N-dealkylation sites (N-methyl/N-ethyl adjacent to an activating group) is 1. The summed E-state index contributed by atoms with van der Waals surface area (Å²) in [6, 6.07) is 5.37. The van der Waals surface area contributed by atoms with Crippen molar-refractivity contribution in [1.82, 2.24) is 10.3 Å². The van der Waals surface area contributed by atoms with Crippen LogP contribution in [0.15, 0.2) is 24.4 Å². The van der Waals surface area contributed by atoms with Crippen LogP contribution in [0.3, 0.4) is 0 Å². The van der Waals surface area contributed by atoms with Gasteiger partial charge in [0, 0.05) is 13.2 Å². The predicted octanol–water partition coefficient (Wildman–Crippen LogP) is 3.70. The van der Waals surface area contributed by atoms with E-state index in [1.807, 2.05) is 6.07 Å². The number of nitrogens with zero attached hydrogens (tertiary/aromatic N) is 1. The largest absolute Gasteiger partial charge is 0.480 e. The maximum Gasteiger partial charge on any atom is 0.322 e. The van der Waals surface area contributed by atoms with Gasteiger partial charge in [-0.05, 0) is 24.5 Å². The molecular formula is C18H26N2O2S. The zero-order chi connectivity index (χ0) is 16.7. The van der Waals surface area contributed by atoms with E-state index in [0.717, 1.165) is 18.8 Å². The first-order valence-corrected chi connectivity index (χ1v) is 8.89. The van der Waals surface area contributed by atoms with Crippen LogP contribution in [0.4, 0.5) is 0 Å². The van der Waals surface area contributed by atoms with Crippen LogP contribution in [0.5, 0.6) is 0 Å². The first-order chi connectivity index (χ1) is 11.1. The topological polar surface area (TPSA) is 62.2 Å². The monoisotopic (exact) mass is 334 g/mol. The van der Waals surface area contributed by atoms with Crippen molar-refractivity contribution in [2.24, 2.45) is 5.92 Å². The minimum Gasteiger partial charge on any atom is -0.480 e. The highest BCUT2D eigenvalue weighted by molar-refractivity contribution is 7.80. The lowest BCUT2D eigenvalue weighted by atomic mass is 9.77. The molecule has 1 aromatic heterocycles. The Labute approximate surface area is 143 Å². The fourth-order valence-electron chi connectivity index (χ4n) is 3.63. The average Bonchev–Trinajstić information content (AvgIpc) is 2.59. The molecule has 2 N–H and O–H groups in total. The number of aromatic nitrogens is 1. The summed E-state index contributed by atoms with van der Waals surface area (Å²) in [4.78, 5) is 16.8. The predicted molar refractivity (Wildman–Crippen MR) is 95.6 cm³/mol. The molecule has 23 heavy (non-hydrogen) atoms. The van der Waals surface area contributed by atoms with E-state index in [1.165, 1.54) is 32.1 Å². The number of rotatable bonds is 7. The Hall–Kier alpha value is -1.49. The molecule has 1 fully saturated rings. The normalized spacial score (nSPS) is 18.1. The van der Waals surface area contributed by atoms with Gasteiger partial charge >= 0.3 is 5.97 Å². The van der Waals surface area contributed by atoms with Gasteiger partial charge < -0.3 is 10.4 Å². The number of nitrogens with one attached hydrogen (secondary N) is 1. The van der Waals surface area contributed by atoms with Gasteiger partial charge in [-0.3, -0.25) is 9.78 Å². The molecule has 1 atom stereocenters. The van der Waals surface area contributed by atoms with Crippen molar-refractivity contribution in [1.29, 1.82) is 0 Å². The zero-order valence-electron chi connectivity index (χ0n) is 13.8. The number of hydrogen-bond acceptors (Lipinski definition) is 3. The maximum absolute atomic E-state index is 12.1. The van der Waals surface area contributed by atoms with Crippen molar-refractivity contribution in [3.63, 3.8) is 0 Å². The lowest BCUT2D eigenvalue weighted by molar-refractivity contribution is -0.141. The second kappa shape index (κ2) is 8.39. The Morgan fingerprint density at radius 3 is 2.70 bits per heavy atom. The van der Waals surface area contributed by atoms with Gasteiger partial charge in [0.05, 0.1) is 10.7 Å². The molecule has 1 aliphatic carbocycles. The summed E-state index contributed by atoms with van der Waals surface area (Å²) in [6.07, 6.45) is 10.6. The van der Waals surface area contributed by atoms with E-state index in [4.69, 9.17) is 12.2 Å². The number of carboxylic acids is 1. The number of carboxylic acid groups (broad SMARTS) is 1. The Bertz CT molecular complexity index is 529. The van der Waals surface area contributed by atoms with Crippen LogP contribution in [0.25, 0.3) is 0 Å². The Morgan fingerprint density at radius 2 is 2.13 bits per heavy atom. The third kappa shape index (κ3) is 4.08. The van der Waals surface area contributed by atoms with Crippen molar-refractivity contribution in [3.05, 3.63) is 30.1 Å². The van der Waals surface area contributed by atoms with Crippen LogP contribution in [0.2, 0.25) is 0 Å². The molecule has 1 unspecified atom stereocenters. The maximum atomic E-state index is 12.1. The SMILES string of the molecule is CNC(=S)C(CCCC1CCCCC1)(C(=O)O)c1ccccn1. The van der Waals surface area contributed by atoms with Crippen LogP contribution in [0, 0.1) is 5.92 Å². The van der Waals surface area contributed by atoms with Crippen molar-refractivity contribution in [2.75, 3.05) is 7.05 Å². The molecule has 0 aliphatic heterocycles. The lowest BCUT2D eigenvalue weighted by Crippen LogP contribution is -2.48. The molecule has 2 rings (SSSR count). The van der Waals surface area contributed by atoms with Gasteiger partial charge in [0.15, 0.2) is 5.41 Å². The van der Waals surface area contributed by atoms with E-state index in [-0.39, 0.29) is 0 Å². The van der Waals surface area contributed by atoms with Crippen LogP contribution >= 0.6 is 12.2 Å². The van der Waals surface area contributed by atoms with Gasteiger partial charge in [0.25, 0.3) is 0 Å². The summed E-state index contributed by atoms with van der Waals surface area (Å²) in [6.45, 7) is 0. The van der Waals surface area contributed by atoms with Crippen LogP contribution in [-0.4, -0.2) is 28.1 Å². The Kier molecular flexibility index (Phi) is 6.51. The average molecular weight is 334 g/mol. The molecule has 0 spiro atoms. The number of pyridine rings is 1. The fraction of sp³-hybridized carbons (Fsp3) is 0.611. The highest BCUT2D eigenvalue weighted by Gasteiger charge is 2.45. The summed E-state index contributed by atoms with van der Waals surface area (Å²) in [5.41, 5.74) is -0.699. The number of aliphatic carboxylic acids is 1. The molecule has 1 aliphatic rings. The Morgan fingerprint density at radius 1 is 1.39 bits per heavy atom. The number of thiocarbonyl (C=S) groups is 1. The van der Waals surface area contributed by atoms with E-state index >= 15 is 0 Å². The highest BCUT2D eigenvalue weighted by Crippen LogP contribution is 2.34. The van der Waals surface area contributed by atoms with Gasteiger partial charge in [0.1, 0.15) is 0 Å². The van der Waals surface area contributed by atoms with Crippen molar-refractivity contribution >= 4 is 23.2 Å². The van der Waals surface area contributed by atoms with Gasteiger partial charge in [-0.15, -0.1) is 0 Å². The standard InChI is InChI=1S/C18H26N2O2S/c1-19-16(23)18(17(21)22,15-11-5-6-13-20-15)12-7-10-14-8-3-2-4-9-14/h5-6,11,13-14H,2-4,7-10,12H2,1H3,(H,19,23)(H,21,22). The molecular weight excluding hydrogens is 308 g/mol. The molecule has 5 heteroatoms. The molecule has 0 bridgehead atoms. The zero-order valence-corrected chi connectivity index (χ0v) is 14.6. The molecule has 126 valence electrons. The second-order valence-electron chi connectivity index (χ2n) is 6.40. The third-order valence-corrected chi connectivity index (χ3v) is 5.52. The molecule has 0 radical (unpaired) electrons. The van der Waals surface area contributed by atoms with Crippen molar-refractivity contribution < 1.29 is 9.90 Å². The first-order valence-electron chi connectivity index (χ1n) is 8.48. The second-order valence-corrected chi connectivity index (χ2v) is 6.81. The van der Waals surface area contributed by atoms with E-state index in [9.17, 15) is 9.90 Å². The van der Waals surface area contributed by atoms with Crippen molar-refractivity contribution in [2.45, 2.75) is 56.8 Å². The lowest BCUT2D eigenvalue weighted by Gasteiger charge is -2.30. The molecule has 0 amide bonds. The summed E-state index contributed by atoms with van der Waals surface area (Å²) < 4.78 is 0. The van der Waals surface area contributed by atoms with E-state index in [2.05, 4.69) is 10.3 Å². The molecule has 1 saturated carbocycles. The smallest absolute Gasteiger partial charge is 0.322 e. The molecule has 4 nitrogen and oxygen atoms in total. The van der Waals surface area contributed by atoms with Crippen LogP contribution < -0.4 is 5.32 Å². The first kappa shape index (κ1) is 17.9. The minimum atomic E-state index is -1.22. The highest BCUT2D eigenvalue weighted by atomic mass is 32.1. The summed E-state index contributed by atoms with van der Waals surface area (Å²) >= 11 is 5.39. The van der Waals surface area contributed by atoms with Crippen LogP contribution in [-0.2, 0) is 10.2 Å². The van der Waals surface area contributed by atoms with Gasteiger partial charge in [-0.1, -0.05) is 63.2 Å². The Balaban J connectivity index is 2.15. The summed E-state index contributed by atoms with van der Waals surface area (Å²) in [7, 11) is 1.68. The summed E-state index contributed by atoms with van der Waals surface area (Å²) in [5.74, 6) is -0.179. The van der Waals surface area contributed by atoms with Crippen LogP contribution in [0.1, 0.15) is 57.1 Å². The van der Waals surface area contributed by atoms with Gasteiger partial charge in [0.2, 0.25) is 0 Å². The van der Waals surface area contributed by atoms with E-state index in [1.54, 1.807) is 25.4 Å². The van der Waals surface area contributed by atoms with E-state index < -0.39 is 11.4 Å². The number of hydrogen-bond donors (Lipinski definition) is 2. The minimum absolute atomic E-state index is 0.340. The number of carbonyl (C=O) groups is 1. The molecule has 1 aromatic rings. The van der Waals surface area contributed by atoms with Gasteiger partial charge in [-0.25, -0.2) is 0 Å². The summed E-state index contributed by atoms with van der Waals surface area (Å²) in [5, 5.41) is 12.8. The van der Waals surface area contributed by atoms with Crippen molar-refractivity contribution in [3.8, 4) is 0 Å². The third-order valence-electron chi connectivity index (χ3n) is 4.97.